The molecule has 23 heavy (non-hydrogen) atoms. The summed E-state index contributed by atoms with van der Waals surface area (Å²) in [5, 5.41) is 12.1. The second kappa shape index (κ2) is 5.65. The highest BCUT2D eigenvalue weighted by atomic mass is 35.5. The summed E-state index contributed by atoms with van der Waals surface area (Å²) in [4.78, 5) is 19.6. The fraction of sp³-hybridized carbons (Fsp3) is 0.533. The molecular weight excluding hydrogens is 320 g/mol. The second-order valence-corrected chi connectivity index (χ2v) is 6.47. The first-order chi connectivity index (χ1) is 11.1. The predicted octanol–water partition coefficient (Wildman–Crippen LogP) is 2.21. The Morgan fingerprint density at radius 3 is 3.00 bits per heavy atom. The highest BCUT2D eigenvalue weighted by Crippen LogP contribution is 2.39. The SMILES string of the molecule is O=[N+]([O-])C1=C2N(Cc3ccc(Cl)nc3)CCN2[C@H]2CCC[C@@H]1O2. The van der Waals surface area contributed by atoms with E-state index in [1.54, 1.807) is 12.3 Å². The summed E-state index contributed by atoms with van der Waals surface area (Å²) in [6, 6.07) is 3.65. The van der Waals surface area contributed by atoms with Crippen molar-refractivity contribution in [3.63, 3.8) is 0 Å². The van der Waals surface area contributed by atoms with Crippen molar-refractivity contribution >= 4 is 11.6 Å². The first-order valence-corrected chi connectivity index (χ1v) is 8.17. The lowest BCUT2D eigenvalue weighted by Gasteiger charge is -2.41. The van der Waals surface area contributed by atoms with Crippen molar-refractivity contribution in [3.8, 4) is 0 Å². The third-order valence-corrected chi connectivity index (χ3v) is 4.89. The van der Waals surface area contributed by atoms with Gasteiger partial charge in [0, 0.05) is 25.8 Å². The molecule has 1 aromatic heterocycles. The van der Waals surface area contributed by atoms with Gasteiger partial charge in [0.25, 0.3) is 0 Å². The zero-order valence-electron chi connectivity index (χ0n) is 12.5. The molecule has 0 spiro atoms. The van der Waals surface area contributed by atoms with Crippen LogP contribution in [0.15, 0.2) is 29.8 Å². The summed E-state index contributed by atoms with van der Waals surface area (Å²) < 4.78 is 5.89. The minimum Gasteiger partial charge on any atom is -0.347 e. The third kappa shape index (κ3) is 2.53. The van der Waals surface area contributed by atoms with Crippen molar-refractivity contribution in [1.82, 2.24) is 14.8 Å². The molecular formula is C15H17ClN4O3. The van der Waals surface area contributed by atoms with Gasteiger partial charge in [0.15, 0.2) is 11.9 Å². The molecule has 122 valence electrons. The van der Waals surface area contributed by atoms with Gasteiger partial charge in [-0.3, -0.25) is 10.1 Å². The molecule has 3 aliphatic heterocycles. The summed E-state index contributed by atoms with van der Waals surface area (Å²) in [5.41, 5.74) is 1.20. The summed E-state index contributed by atoms with van der Waals surface area (Å²) in [5.74, 6) is 0.728. The Kier molecular flexibility index (Phi) is 3.61. The lowest BCUT2D eigenvalue weighted by Crippen LogP contribution is -2.48. The van der Waals surface area contributed by atoms with Gasteiger partial charge in [-0.1, -0.05) is 17.7 Å². The van der Waals surface area contributed by atoms with Crippen LogP contribution >= 0.6 is 11.6 Å². The van der Waals surface area contributed by atoms with Gasteiger partial charge in [0.2, 0.25) is 0 Å². The molecule has 0 N–H and O–H groups in total. The van der Waals surface area contributed by atoms with E-state index in [2.05, 4.69) is 14.8 Å². The van der Waals surface area contributed by atoms with Crippen LogP contribution in [0.1, 0.15) is 24.8 Å². The molecule has 0 aliphatic carbocycles. The van der Waals surface area contributed by atoms with Crippen molar-refractivity contribution in [2.24, 2.45) is 0 Å². The van der Waals surface area contributed by atoms with Gasteiger partial charge in [0.1, 0.15) is 11.4 Å². The minimum atomic E-state index is -0.390. The van der Waals surface area contributed by atoms with Crippen LogP contribution in [-0.2, 0) is 11.3 Å². The minimum absolute atomic E-state index is 0.0270. The first-order valence-electron chi connectivity index (χ1n) is 7.79. The summed E-state index contributed by atoms with van der Waals surface area (Å²) in [7, 11) is 0. The van der Waals surface area contributed by atoms with Gasteiger partial charge in [-0.25, -0.2) is 4.98 Å². The smallest absolute Gasteiger partial charge is 0.314 e. The maximum atomic E-state index is 11.6. The molecule has 2 bridgehead atoms. The van der Waals surface area contributed by atoms with Crippen molar-refractivity contribution in [3.05, 3.63) is 50.7 Å². The van der Waals surface area contributed by atoms with Crippen LogP contribution in [-0.4, -0.2) is 45.1 Å². The summed E-state index contributed by atoms with van der Waals surface area (Å²) in [6.07, 6.45) is 3.93. The Morgan fingerprint density at radius 2 is 2.26 bits per heavy atom. The van der Waals surface area contributed by atoms with Crippen LogP contribution in [0, 0.1) is 10.1 Å². The standard InChI is InChI=1S/C15H17ClN4O3/c16-12-5-4-10(8-17-12)9-18-6-7-19-13-3-1-2-11(23-13)14(15(18)19)20(21)22/h4-5,8,11,13H,1-3,6-7,9H2/t11-,13+/m0/s1. The normalized spacial score (nSPS) is 26.5. The maximum Gasteiger partial charge on any atom is 0.314 e. The molecule has 0 saturated carbocycles. The number of fused-ring (bicyclic) bond motifs is 4. The fourth-order valence-corrected chi connectivity index (χ4v) is 3.77. The molecule has 2 atom stereocenters. The Morgan fingerprint density at radius 1 is 1.39 bits per heavy atom. The Hall–Kier alpha value is -1.86. The van der Waals surface area contributed by atoms with E-state index in [1.807, 2.05) is 6.07 Å². The second-order valence-electron chi connectivity index (χ2n) is 6.08. The van der Waals surface area contributed by atoms with Gasteiger partial charge in [-0.2, -0.15) is 0 Å². The molecule has 4 heterocycles. The highest BCUT2D eigenvalue weighted by molar-refractivity contribution is 6.29. The zero-order valence-corrected chi connectivity index (χ0v) is 13.3. The van der Waals surface area contributed by atoms with E-state index in [9.17, 15) is 10.1 Å². The first kappa shape index (κ1) is 14.7. The van der Waals surface area contributed by atoms with E-state index in [-0.39, 0.29) is 23.0 Å². The number of aromatic nitrogens is 1. The number of ether oxygens (including phenoxy) is 1. The van der Waals surface area contributed by atoms with Crippen LogP contribution in [0.3, 0.4) is 0 Å². The summed E-state index contributed by atoms with van der Waals surface area (Å²) in [6.45, 7) is 2.10. The van der Waals surface area contributed by atoms with Crippen molar-refractivity contribution in [2.75, 3.05) is 13.1 Å². The van der Waals surface area contributed by atoms with E-state index in [0.717, 1.165) is 43.7 Å². The average Bonchev–Trinajstić information content (AvgIpc) is 2.93. The average molecular weight is 337 g/mol. The Balaban J connectivity index is 1.68. The maximum absolute atomic E-state index is 11.6. The molecule has 7 nitrogen and oxygen atoms in total. The van der Waals surface area contributed by atoms with E-state index in [1.165, 1.54) is 0 Å². The van der Waals surface area contributed by atoms with E-state index >= 15 is 0 Å². The number of hydrogen-bond donors (Lipinski definition) is 0. The van der Waals surface area contributed by atoms with Gasteiger partial charge >= 0.3 is 5.70 Å². The molecule has 8 heteroatoms. The lowest BCUT2D eigenvalue weighted by atomic mass is 10.0. The molecule has 3 aliphatic rings. The lowest BCUT2D eigenvalue weighted by molar-refractivity contribution is -0.448. The Bertz CT molecular complexity index is 663. The third-order valence-electron chi connectivity index (χ3n) is 4.66. The van der Waals surface area contributed by atoms with Crippen LogP contribution in [0.4, 0.5) is 0 Å². The van der Waals surface area contributed by atoms with Crippen molar-refractivity contribution < 1.29 is 9.66 Å². The van der Waals surface area contributed by atoms with Crippen LogP contribution in [0.2, 0.25) is 5.15 Å². The Labute approximate surface area is 138 Å². The van der Waals surface area contributed by atoms with Crippen molar-refractivity contribution in [2.45, 2.75) is 38.1 Å². The molecule has 0 unspecified atom stereocenters. The predicted molar refractivity (Wildman–Crippen MR) is 82.9 cm³/mol. The molecule has 4 rings (SSSR count). The molecule has 2 fully saturated rings. The number of halogens is 1. The van der Waals surface area contributed by atoms with Gasteiger partial charge < -0.3 is 14.5 Å². The van der Waals surface area contributed by atoms with E-state index < -0.39 is 0 Å². The fourth-order valence-electron chi connectivity index (χ4n) is 3.66. The zero-order chi connectivity index (χ0) is 16.0. The van der Waals surface area contributed by atoms with Crippen LogP contribution < -0.4 is 0 Å². The number of pyridine rings is 1. The topological polar surface area (TPSA) is 71.7 Å². The van der Waals surface area contributed by atoms with E-state index in [4.69, 9.17) is 16.3 Å². The van der Waals surface area contributed by atoms with Gasteiger partial charge in [-0.15, -0.1) is 0 Å². The molecule has 0 radical (unpaired) electrons. The molecule has 0 aromatic carbocycles. The van der Waals surface area contributed by atoms with Crippen LogP contribution in [0.5, 0.6) is 0 Å². The quantitative estimate of drug-likeness (QED) is 0.479. The summed E-state index contributed by atoms with van der Waals surface area (Å²) >= 11 is 5.82. The molecule has 2 saturated heterocycles. The number of nitro groups is 1. The highest BCUT2D eigenvalue weighted by Gasteiger charge is 2.48. The van der Waals surface area contributed by atoms with Crippen molar-refractivity contribution in [1.29, 1.82) is 0 Å². The van der Waals surface area contributed by atoms with Crippen LogP contribution in [0.25, 0.3) is 0 Å². The number of rotatable bonds is 3. The molecule has 1 aromatic rings. The number of hydrogen-bond acceptors (Lipinski definition) is 6. The van der Waals surface area contributed by atoms with Gasteiger partial charge in [0.05, 0.1) is 4.92 Å². The largest absolute Gasteiger partial charge is 0.347 e. The van der Waals surface area contributed by atoms with E-state index in [0.29, 0.717) is 11.7 Å². The number of nitrogens with zero attached hydrogens (tertiary/aromatic N) is 4. The molecule has 0 amide bonds. The monoisotopic (exact) mass is 336 g/mol. The van der Waals surface area contributed by atoms with Gasteiger partial charge in [-0.05, 0) is 30.9 Å².